The minimum atomic E-state index is 0.0953. The largest absolute Gasteiger partial charge is 0.369 e. The van der Waals surface area contributed by atoms with Crippen LogP contribution in [0, 0.1) is 0 Å². The topological polar surface area (TPSA) is 29.5 Å². The molecule has 4 rings (SSSR count). The lowest BCUT2D eigenvalue weighted by molar-refractivity contribution is -0.149. The van der Waals surface area contributed by atoms with Crippen molar-refractivity contribution in [2.75, 3.05) is 13.2 Å². The van der Waals surface area contributed by atoms with Crippen molar-refractivity contribution in [2.45, 2.75) is 38.3 Å². The summed E-state index contributed by atoms with van der Waals surface area (Å²) in [4.78, 5) is 14.5. The van der Waals surface area contributed by atoms with Crippen LogP contribution in [0.1, 0.15) is 36.8 Å². The fraction of sp³-hybridized carbons (Fsp3) is 0.320. The summed E-state index contributed by atoms with van der Waals surface area (Å²) in [6.07, 6.45) is 1.98. The van der Waals surface area contributed by atoms with Gasteiger partial charge in [-0.3, -0.25) is 4.79 Å². The normalized spacial score (nSPS) is 18.4. The SMILES string of the molecule is C[C@@H](CCC1COCC(=O)N1Cc1ccccc1)c1cccc2ccccc12. The monoisotopic (exact) mass is 373 g/mol. The molecule has 1 saturated heterocycles. The Morgan fingerprint density at radius 3 is 2.61 bits per heavy atom. The maximum atomic E-state index is 12.5. The third-order valence-corrected chi connectivity index (χ3v) is 5.78. The molecule has 144 valence electrons. The molecule has 3 aromatic rings. The third kappa shape index (κ3) is 4.10. The van der Waals surface area contributed by atoms with Crippen LogP contribution in [0.2, 0.25) is 0 Å². The summed E-state index contributed by atoms with van der Waals surface area (Å²) in [5.41, 5.74) is 2.56. The quantitative estimate of drug-likeness (QED) is 0.598. The Bertz CT molecular complexity index is 932. The molecule has 0 bridgehead atoms. The fourth-order valence-electron chi connectivity index (χ4n) is 4.17. The smallest absolute Gasteiger partial charge is 0.249 e. The predicted octanol–water partition coefficient (Wildman–Crippen LogP) is 5.15. The van der Waals surface area contributed by atoms with Gasteiger partial charge in [-0.25, -0.2) is 0 Å². The molecule has 0 saturated carbocycles. The first-order valence-corrected chi connectivity index (χ1v) is 10.1. The molecule has 1 amide bonds. The van der Waals surface area contributed by atoms with Crippen LogP contribution in [-0.4, -0.2) is 30.1 Å². The van der Waals surface area contributed by atoms with Crippen molar-refractivity contribution in [3.8, 4) is 0 Å². The van der Waals surface area contributed by atoms with Crippen molar-refractivity contribution < 1.29 is 9.53 Å². The van der Waals surface area contributed by atoms with Gasteiger partial charge in [0, 0.05) is 6.54 Å². The summed E-state index contributed by atoms with van der Waals surface area (Å²) >= 11 is 0. The van der Waals surface area contributed by atoms with Crippen molar-refractivity contribution in [3.05, 3.63) is 83.9 Å². The van der Waals surface area contributed by atoms with Gasteiger partial charge < -0.3 is 9.64 Å². The van der Waals surface area contributed by atoms with Gasteiger partial charge in [-0.2, -0.15) is 0 Å². The highest BCUT2D eigenvalue weighted by Gasteiger charge is 2.29. The van der Waals surface area contributed by atoms with Gasteiger partial charge in [-0.15, -0.1) is 0 Å². The fourth-order valence-corrected chi connectivity index (χ4v) is 4.17. The number of carbonyl (C=O) groups is 1. The van der Waals surface area contributed by atoms with Crippen molar-refractivity contribution >= 4 is 16.7 Å². The number of benzene rings is 3. The maximum Gasteiger partial charge on any atom is 0.249 e. The molecule has 0 N–H and O–H groups in total. The molecule has 1 aliphatic rings. The van der Waals surface area contributed by atoms with E-state index in [1.165, 1.54) is 21.9 Å². The van der Waals surface area contributed by atoms with Gasteiger partial charge in [0.2, 0.25) is 5.91 Å². The summed E-state index contributed by atoms with van der Waals surface area (Å²) in [6.45, 7) is 3.77. The number of hydrogen-bond donors (Lipinski definition) is 0. The second kappa shape index (κ2) is 8.57. The lowest BCUT2D eigenvalue weighted by Crippen LogP contribution is -2.48. The molecule has 3 nitrogen and oxygen atoms in total. The van der Waals surface area contributed by atoms with E-state index in [9.17, 15) is 4.79 Å². The van der Waals surface area contributed by atoms with Gasteiger partial charge in [0.05, 0.1) is 12.6 Å². The molecule has 1 fully saturated rings. The summed E-state index contributed by atoms with van der Waals surface area (Å²) in [6, 6.07) is 25.5. The molecule has 28 heavy (non-hydrogen) atoms. The number of ether oxygens (including phenoxy) is 1. The van der Waals surface area contributed by atoms with Gasteiger partial charge in [-0.05, 0) is 40.7 Å². The zero-order chi connectivity index (χ0) is 19.3. The number of rotatable bonds is 6. The Balaban J connectivity index is 1.46. The van der Waals surface area contributed by atoms with Crippen molar-refractivity contribution in [1.29, 1.82) is 0 Å². The highest BCUT2D eigenvalue weighted by molar-refractivity contribution is 5.86. The predicted molar refractivity (Wildman–Crippen MR) is 113 cm³/mol. The Kier molecular flexibility index (Phi) is 5.73. The number of morpholine rings is 1. The van der Waals surface area contributed by atoms with Crippen molar-refractivity contribution in [1.82, 2.24) is 4.90 Å². The first-order valence-electron chi connectivity index (χ1n) is 10.1. The van der Waals surface area contributed by atoms with E-state index < -0.39 is 0 Å². The second-order valence-corrected chi connectivity index (χ2v) is 7.72. The second-order valence-electron chi connectivity index (χ2n) is 7.72. The number of nitrogens with zero attached hydrogens (tertiary/aromatic N) is 1. The average Bonchev–Trinajstić information content (AvgIpc) is 2.74. The molecule has 3 aromatic carbocycles. The van der Waals surface area contributed by atoms with Crippen LogP contribution in [0.5, 0.6) is 0 Å². The highest BCUT2D eigenvalue weighted by atomic mass is 16.5. The molecule has 0 aliphatic carbocycles. The van der Waals surface area contributed by atoms with E-state index in [0.717, 1.165) is 12.8 Å². The van der Waals surface area contributed by atoms with E-state index in [0.29, 0.717) is 19.1 Å². The molecule has 1 aliphatic heterocycles. The summed E-state index contributed by atoms with van der Waals surface area (Å²) in [5.74, 6) is 0.527. The Hall–Kier alpha value is -2.65. The first kappa shape index (κ1) is 18.7. The van der Waals surface area contributed by atoms with Crippen LogP contribution in [0.4, 0.5) is 0 Å². The number of hydrogen-bond acceptors (Lipinski definition) is 2. The minimum absolute atomic E-state index is 0.0953. The van der Waals surface area contributed by atoms with E-state index in [2.05, 4.69) is 61.5 Å². The minimum Gasteiger partial charge on any atom is -0.369 e. The van der Waals surface area contributed by atoms with Gasteiger partial charge in [0.15, 0.2) is 0 Å². The lowest BCUT2D eigenvalue weighted by Gasteiger charge is -2.36. The van der Waals surface area contributed by atoms with Crippen LogP contribution < -0.4 is 0 Å². The standard InChI is InChI=1S/C25H27NO2/c1-19(23-13-7-11-21-10-5-6-12-24(21)23)14-15-22-17-28-18-25(27)26(22)16-20-8-3-2-4-9-20/h2-13,19,22H,14-18H2,1H3/t19-,22?/m0/s1. The summed E-state index contributed by atoms with van der Waals surface area (Å²) < 4.78 is 5.58. The molecule has 0 aromatic heterocycles. The molecule has 1 heterocycles. The van der Waals surface area contributed by atoms with E-state index in [4.69, 9.17) is 4.74 Å². The molecular formula is C25H27NO2. The van der Waals surface area contributed by atoms with E-state index >= 15 is 0 Å². The molecular weight excluding hydrogens is 346 g/mol. The number of amides is 1. The lowest BCUT2D eigenvalue weighted by atomic mass is 9.90. The Labute approximate surface area is 166 Å². The van der Waals surface area contributed by atoms with Crippen LogP contribution in [-0.2, 0) is 16.1 Å². The van der Waals surface area contributed by atoms with Gasteiger partial charge >= 0.3 is 0 Å². The number of fused-ring (bicyclic) bond motifs is 1. The summed E-state index contributed by atoms with van der Waals surface area (Å²) in [5, 5.41) is 2.61. The van der Waals surface area contributed by atoms with E-state index in [1.54, 1.807) is 0 Å². The van der Waals surface area contributed by atoms with Gasteiger partial charge in [-0.1, -0.05) is 79.7 Å². The van der Waals surface area contributed by atoms with E-state index in [1.807, 2.05) is 23.1 Å². The average molecular weight is 373 g/mol. The highest BCUT2D eigenvalue weighted by Crippen LogP contribution is 2.30. The van der Waals surface area contributed by atoms with Crippen molar-refractivity contribution in [3.63, 3.8) is 0 Å². The van der Waals surface area contributed by atoms with Gasteiger partial charge in [0.25, 0.3) is 0 Å². The van der Waals surface area contributed by atoms with Crippen LogP contribution >= 0.6 is 0 Å². The Morgan fingerprint density at radius 1 is 1.00 bits per heavy atom. The summed E-state index contributed by atoms with van der Waals surface area (Å²) in [7, 11) is 0. The molecule has 0 radical (unpaired) electrons. The zero-order valence-corrected chi connectivity index (χ0v) is 16.4. The zero-order valence-electron chi connectivity index (χ0n) is 16.4. The first-order chi connectivity index (χ1) is 13.7. The third-order valence-electron chi connectivity index (χ3n) is 5.78. The Morgan fingerprint density at radius 2 is 1.75 bits per heavy atom. The molecule has 3 heteroatoms. The van der Waals surface area contributed by atoms with Crippen LogP contribution in [0.3, 0.4) is 0 Å². The van der Waals surface area contributed by atoms with Crippen molar-refractivity contribution in [2.24, 2.45) is 0 Å². The number of carbonyl (C=O) groups excluding carboxylic acids is 1. The molecule has 2 atom stereocenters. The maximum absolute atomic E-state index is 12.5. The van der Waals surface area contributed by atoms with Gasteiger partial charge in [0.1, 0.15) is 6.61 Å². The molecule has 1 unspecified atom stereocenters. The van der Waals surface area contributed by atoms with Crippen LogP contribution in [0.15, 0.2) is 72.8 Å². The van der Waals surface area contributed by atoms with E-state index in [-0.39, 0.29) is 18.6 Å². The van der Waals surface area contributed by atoms with Crippen LogP contribution in [0.25, 0.3) is 10.8 Å². The molecule has 0 spiro atoms.